The Labute approximate surface area is 185 Å². The average Bonchev–Trinajstić information content (AvgIpc) is 3.30. The molecule has 8 nitrogen and oxygen atoms in total. The molecule has 31 heavy (non-hydrogen) atoms. The van der Waals surface area contributed by atoms with E-state index in [0.717, 1.165) is 21.7 Å². The summed E-state index contributed by atoms with van der Waals surface area (Å²) in [6.07, 6.45) is -1.33. The van der Waals surface area contributed by atoms with E-state index < -0.39 is 35.8 Å². The van der Waals surface area contributed by atoms with E-state index in [4.69, 9.17) is 4.74 Å². The first kappa shape index (κ1) is 23.2. The Bertz CT molecular complexity index is 922. The number of amides is 2. The molecular weight excluding hydrogens is 418 g/mol. The van der Waals surface area contributed by atoms with Crippen LogP contribution in [0.1, 0.15) is 44.5 Å². The minimum absolute atomic E-state index is 0.0275. The van der Waals surface area contributed by atoms with Crippen molar-refractivity contribution in [2.24, 2.45) is 0 Å². The molecular formula is C22H29N3O5S. The zero-order chi connectivity index (χ0) is 22.8. The highest BCUT2D eigenvalue weighted by Gasteiger charge is 2.41. The van der Waals surface area contributed by atoms with E-state index in [2.05, 4.69) is 10.3 Å². The predicted octanol–water partition coefficient (Wildman–Crippen LogP) is 2.64. The molecule has 3 N–H and O–H groups in total. The molecule has 3 atom stereocenters. The fraction of sp³-hybridized carbons (Fsp3) is 0.500. The number of thiazole rings is 1. The molecule has 0 bridgehead atoms. The largest absolute Gasteiger partial charge is 0.444 e. The number of nitrogens with one attached hydrogen (secondary N) is 1. The number of likely N-dealkylation sites (tertiary alicyclic amines) is 1. The van der Waals surface area contributed by atoms with Crippen LogP contribution in [0.5, 0.6) is 0 Å². The average molecular weight is 448 g/mol. The van der Waals surface area contributed by atoms with Crippen LogP contribution in [0, 0.1) is 6.92 Å². The van der Waals surface area contributed by atoms with Gasteiger partial charge in [0.2, 0.25) is 5.91 Å². The first-order chi connectivity index (χ1) is 14.6. The quantitative estimate of drug-likeness (QED) is 0.650. The van der Waals surface area contributed by atoms with Crippen molar-refractivity contribution in [1.29, 1.82) is 0 Å². The Kier molecular flexibility index (Phi) is 6.98. The summed E-state index contributed by atoms with van der Waals surface area (Å²) in [4.78, 5) is 32.0. The normalized spacial score (nSPS) is 19.9. The number of benzene rings is 1. The topological polar surface area (TPSA) is 112 Å². The lowest BCUT2D eigenvalue weighted by atomic mass is 10.0. The minimum Gasteiger partial charge on any atom is -0.444 e. The number of carbonyl (C=O) groups is 2. The van der Waals surface area contributed by atoms with Crippen molar-refractivity contribution in [3.8, 4) is 10.4 Å². The number of aromatic nitrogens is 1. The van der Waals surface area contributed by atoms with Crippen molar-refractivity contribution in [1.82, 2.24) is 15.2 Å². The van der Waals surface area contributed by atoms with Crippen molar-refractivity contribution in [3.05, 3.63) is 41.0 Å². The van der Waals surface area contributed by atoms with E-state index in [0.29, 0.717) is 0 Å². The van der Waals surface area contributed by atoms with E-state index in [9.17, 15) is 19.8 Å². The van der Waals surface area contributed by atoms with Gasteiger partial charge < -0.3 is 20.3 Å². The van der Waals surface area contributed by atoms with Gasteiger partial charge in [-0.05, 0) is 38.8 Å². The molecule has 1 saturated heterocycles. The number of carbonyl (C=O) groups excluding carboxylic acids is 2. The molecule has 2 amide bonds. The van der Waals surface area contributed by atoms with Crippen LogP contribution < -0.4 is 5.32 Å². The third kappa shape index (κ3) is 5.61. The molecule has 3 rings (SSSR count). The Morgan fingerprint density at radius 2 is 2.00 bits per heavy atom. The summed E-state index contributed by atoms with van der Waals surface area (Å²) in [7, 11) is 0. The van der Waals surface area contributed by atoms with E-state index in [-0.39, 0.29) is 19.6 Å². The highest BCUT2D eigenvalue weighted by molar-refractivity contribution is 7.13. The Balaban J connectivity index is 1.71. The number of hydrogen-bond donors (Lipinski definition) is 3. The van der Waals surface area contributed by atoms with Crippen LogP contribution in [0.2, 0.25) is 0 Å². The molecule has 0 unspecified atom stereocenters. The lowest BCUT2D eigenvalue weighted by Gasteiger charge is -2.28. The van der Waals surface area contributed by atoms with Crippen molar-refractivity contribution in [2.75, 3.05) is 13.2 Å². The van der Waals surface area contributed by atoms with Crippen LogP contribution in [-0.2, 0) is 9.53 Å². The maximum atomic E-state index is 12.9. The SMILES string of the molecule is Cc1ncsc1-c1ccc([C@H](CO)NC(=O)[C@@H]2C[C@@H](O)CN2C(=O)OC(C)(C)C)cc1. The molecule has 1 aromatic carbocycles. The zero-order valence-corrected chi connectivity index (χ0v) is 19.0. The van der Waals surface area contributed by atoms with Gasteiger partial charge in [-0.2, -0.15) is 0 Å². The summed E-state index contributed by atoms with van der Waals surface area (Å²) in [6, 6.07) is 6.06. The summed E-state index contributed by atoms with van der Waals surface area (Å²) in [6.45, 7) is 6.90. The van der Waals surface area contributed by atoms with E-state index >= 15 is 0 Å². The minimum atomic E-state index is -0.863. The predicted molar refractivity (Wildman–Crippen MR) is 118 cm³/mol. The summed E-state index contributed by atoms with van der Waals surface area (Å²) in [5, 5.41) is 22.7. The number of ether oxygens (including phenoxy) is 1. The molecule has 0 aliphatic carbocycles. The maximum Gasteiger partial charge on any atom is 0.411 e. The zero-order valence-electron chi connectivity index (χ0n) is 18.2. The van der Waals surface area contributed by atoms with Gasteiger partial charge in [-0.25, -0.2) is 9.78 Å². The van der Waals surface area contributed by atoms with Crippen molar-refractivity contribution >= 4 is 23.3 Å². The second-order valence-electron chi connectivity index (χ2n) is 8.67. The van der Waals surface area contributed by atoms with Gasteiger partial charge in [0, 0.05) is 6.42 Å². The fourth-order valence-corrected chi connectivity index (χ4v) is 4.34. The van der Waals surface area contributed by atoms with Crippen LogP contribution in [0.3, 0.4) is 0 Å². The summed E-state index contributed by atoms with van der Waals surface area (Å²) < 4.78 is 5.37. The molecule has 1 aliphatic heterocycles. The Hall–Kier alpha value is -2.49. The van der Waals surface area contributed by atoms with Gasteiger partial charge in [-0.15, -0.1) is 11.3 Å². The van der Waals surface area contributed by atoms with E-state index in [1.54, 1.807) is 37.6 Å². The number of hydrogen-bond acceptors (Lipinski definition) is 7. The van der Waals surface area contributed by atoms with Gasteiger partial charge in [0.1, 0.15) is 11.6 Å². The van der Waals surface area contributed by atoms with E-state index in [1.165, 1.54) is 4.90 Å². The molecule has 1 fully saturated rings. The number of nitrogens with zero attached hydrogens (tertiary/aromatic N) is 2. The van der Waals surface area contributed by atoms with Crippen molar-refractivity contribution < 1.29 is 24.5 Å². The maximum absolute atomic E-state index is 12.9. The van der Waals surface area contributed by atoms with Gasteiger partial charge in [0.15, 0.2) is 0 Å². The smallest absolute Gasteiger partial charge is 0.411 e. The van der Waals surface area contributed by atoms with Crippen LogP contribution >= 0.6 is 11.3 Å². The van der Waals surface area contributed by atoms with Gasteiger partial charge in [0.25, 0.3) is 0 Å². The lowest BCUT2D eigenvalue weighted by molar-refractivity contribution is -0.126. The van der Waals surface area contributed by atoms with Crippen LogP contribution in [0.25, 0.3) is 10.4 Å². The summed E-state index contributed by atoms with van der Waals surface area (Å²) in [5.74, 6) is -0.441. The summed E-state index contributed by atoms with van der Waals surface area (Å²) >= 11 is 1.55. The van der Waals surface area contributed by atoms with Gasteiger partial charge in [0.05, 0.1) is 41.4 Å². The standard InChI is InChI=1S/C22H29N3O5S/c1-13-19(31-12-23-13)15-7-5-14(6-8-15)17(11-26)24-20(28)18-9-16(27)10-25(18)21(29)30-22(2,3)4/h5-8,12,16-18,26-27H,9-11H2,1-4H3,(H,24,28)/t16-,17+,18+/m1/s1. The molecule has 1 aliphatic rings. The second kappa shape index (κ2) is 9.33. The fourth-order valence-electron chi connectivity index (χ4n) is 3.53. The van der Waals surface area contributed by atoms with Crippen molar-refractivity contribution in [2.45, 2.75) is 57.9 Å². The Morgan fingerprint density at radius 1 is 1.32 bits per heavy atom. The van der Waals surface area contributed by atoms with Gasteiger partial charge >= 0.3 is 6.09 Å². The highest BCUT2D eigenvalue weighted by Crippen LogP contribution is 2.28. The van der Waals surface area contributed by atoms with Crippen LogP contribution in [0.15, 0.2) is 29.8 Å². The molecule has 0 saturated carbocycles. The molecule has 1 aromatic heterocycles. The van der Waals surface area contributed by atoms with Gasteiger partial charge in [-0.1, -0.05) is 24.3 Å². The highest BCUT2D eigenvalue weighted by atomic mass is 32.1. The molecule has 2 heterocycles. The summed E-state index contributed by atoms with van der Waals surface area (Å²) in [5.41, 5.74) is 3.79. The molecule has 168 valence electrons. The number of aliphatic hydroxyl groups excluding tert-OH is 2. The van der Waals surface area contributed by atoms with E-state index in [1.807, 2.05) is 31.2 Å². The monoisotopic (exact) mass is 447 g/mol. The van der Waals surface area contributed by atoms with Crippen molar-refractivity contribution in [3.63, 3.8) is 0 Å². The first-order valence-electron chi connectivity index (χ1n) is 10.2. The molecule has 2 aromatic rings. The third-order valence-corrected chi connectivity index (χ3v) is 6.01. The molecule has 0 radical (unpaired) electrons. The van der Waals surface area contributed by atoms with Crippen LogP contribution in [0.4, 0.5) is 4.79 Å². The number of β-amino-alcohol motifs (C(OH)–C–C–N with tert-alkyl or cyclic N) is 1. The number of rotatable bonds is 5. The first-order valence-corrected chi connectivity index (χ1v) is 11.1. The number of aryl methyl sites for hydroxylation is 1. The number of aliphatic hydroxyl groups is 2. The lowest BCUT2D eigenvalue weighted by Crippen LogP contribution is -2.48. The third-order valence-electron chi connectivity index (χ3n) is 5.03. The second-order valence-corrected chi connectivity index (χ2v) is 9.53. The van der Waals surface area contributed by atoms with Gasteiger partial charge in [-0.3, -0.25) is 9.69 Å². The Morgan fingerprint density at radius 3 is 2.55 bits per heavy atom. The van der Waals surface area contributed by atoms with Crippen LogP contribution in [-0.4, -0.2) is 63.0 Å². The molecule has 9 heteroatoms. The molecule has 0 spiro atoms.